The van der Waals surface area contributed by atoms with Crippen LogP contribution >= 0.6 is 23.1 Å². The normalized spacial score (nSPS) is 16.4. The fraction of sp³-hybridized carbons (Fsp3) is 0.423. The van der Waals surface area contributed by atoms with Gasteiger partial charge in [0.25, 0.3) is 5.56 Å². The highest BCUT2D eigenvalue weighted by Gasteiger charge is 2.24. The van der Waals surface area contributed by atoms with E-state index in [1.54, 1.807) is 22.0 Å². The molecular weight excluding hydrogens is 464 g/mol. The molecule has 1 amide bonds. The summed E-state index contributed by atoms with van der Waals surface area (Å²) in [5.41, 5.74) is 2.41. The van der Waals surface area contributed by atoms with Crippen LogP contribution in [-0.4, -0.2) is 52.3 Å². The molecule has 178 valence electrons. The Balaban J connectivity index is 1.31. The highest BCUT2D eigenvalue weighted by atomic mass is 32.2. The number of aromatic nitrogens is 2. The summed E-state index contributed by atoms with van der Waals surface area (Å²) in [4.78, 5) is 37.7. The van der Waals surface area contributed by atoms with E-state index in [4.69, 9.17) is 4.98 Å². The SMILES string of the molecule is C=CCn1c(SCC(=O)N2CCN(c3ccccc3)CC2)nc2sc3c(c2c1=O)CCCCC3. The van der Waals surface area contributed by atoms with Crippen molar-refractivity contribution in [2.45, 2.75) is 43.8 Å². The summed E-state index contributed by atoms with van der Waals surface area (Å²) in [5, 5.41) is 1.40. The van der Waals surface area contributed by atoms with Crippen LogP contribution in [-0.2, 0) is 24.2 Å². The minimum absolute atomic E-state index is 0.00993. The molecule has 2 aromatic heterocycles. The maximum Gasteiger partial charge on any atom is 0.263 e. The molecule has 3 heterocycles. The molecule has 1 aliphatic heterocycles. The summed E-state index contributed by atoms with van der Waals surface area (Å²) in [7, 11) is 0. The van der Waals surface area contributed by atoms with Gasteiger partial charge in [0.1, 0.15) is 4.83 Å². The first kappa shape index (κ1) is 23.2. The number of rotatable bonds is 6. The Morgan fingerprint density at radius 1 is 1.09 bits per heavy atom. The molecule has 8 heteroatoms. The van der Waals surface area contributed by atoms with E-state index in [0.717, 1.165) is 42.6 Å². The average molecular weight is 495 g/mol. The maximum absolute atomic E-state index is 13.5. The number of amides is 1. The molecule has 1 saturated heterocycles. The molecule has 6 nitrogen and oxygen atoms in total. The number of allylic oxidation sites excluding steroid dienone is 1. The van der Waals surface area contributed by atoms with Gasteiger partial charge >= 0.3 is 0 Å². The van der Waals surface area contributed by atoms with E-state index in [-0.39, 0.29) is 17.2 Å². The van der Waals surface area contributed by atoms with E-state index in [2.05, 4.69) is 23.6 Å². The fourth-order valence-corrected chi connectivity index (χ4v) is 7.08. The summed E-state index contributed by atoms with van der Waals surface area (Å²) in [5.74, 6) is 0.380. The number of nitrogens with zero attached hydrogens (tertiary/aromatic N) is 4. The molecular formula is C26H30N4O2S2. The number of thiophene rings is 1. The van der Waals surface area contributed by atoms with Crippen LogP contribution in [0.3, 0.4) is 0 Å². The van der Waals surface area contributed by atoms with Crippen LogP contribution < -0.4 is 10.5 Å². The third kappa shape index (κ3) is 4.66. The van der Waals surface area contributed by atoms with Crippen molar-refractivity contribution in [1.29, 1.82) is 0 Å². The maximum atomic E-state index is 13.5. The zero-order chi connectivity index (χ0) is 23.5. The van der Waals surface area contributed by atoms with E-state index in [0.29, 0.717) is 24.8 Å². The Morgan fingerprint density at radius 3 is 2.62 bits per heavy atom. The molecule has 1 aromatic carbocycles. The molecule has 34 heavy (non-hydrogen) atoms. The van der Waals surface area contributed by atoms with Crippen LogP contribution in [0.5, 0.6) is 0 Å². The molecule has 0 bridgehead atoms. The summed E-state index contributed by atoms with van der Waals surface area (Å²) in [6.07, 6.45) is 7.24. The minimum Gasteiger partial charge on any atom is -0.368 e. The molecule has 0 saturated carbocycles. The highest BCUT2D eigenvalue weighted by molar-refractivity contribution is 7.99. The van der Waals surface area contributed by atoms with Crippen LogP contribution in [0.4, 0.5) is 5.69 Å². The van der Waals surface area contributed by atoms with Crippen molar-refractivity contribution in [1.82, 2.24) is 14.5 Å². The van der Waals surface area contributed by atoms with Crippen molar-refractivity contribution in [3.8, 4) is 0 Å². The van der Waals surface area contributed by atoms with Gasteiger partial charge in [-0.15, -0.1) is 17.9 Å². The third-order valence-corrected chi connectivity index (χ3v) is 8.83. The summed E-state index contributed by atoms with van der Waals surface area (Å²) in [6.45, 7) is 7.30. The standard InChI is InChI=1S/C26H30N4O2S2/c1-2-13-30-25(32)23-20-11-7-4-8-12-21(20)34-24(23)27-26(30)33-18-22(31)29-16-14-28(15-17-29)19-9-5-3-6-10-19/h2-3,5-6,9-10H,1,4,7-8,11-18H2. The zero-order valence-corrected chi connectivity index (χ0v) is 21.0. The van der Waals surface area contributed by atoms with Gasteiger partial charge in [0.15, 0.2) is 5.16 Å². The zero-order valence-electron chi connectivity index (χ0n) is 19.4. The number of para-hydroxylation sites is 1. The van der Waals surface area contributed by atoms with E-state index >= 15 is 0 Å². The molecule has 0 unspecified atom stereocenters. The van der Waals surface area contributed by atoms with Crippen molar-refractivity contribution in [2.24, 2.45) is 0 Å². The number of carbonyl (C=O) groups excluding carboxylic acids is 1. The van der Waals surface area contributed by atoms with Crippen LogP contribution in [0.1, 0.15) is 29.7 Å². The Morgan fingerprint density at radius 2 is 1.85 bits per heavy atom. The number of anilines is 1. The molecule has 0 radical (unpaired) electrons. The second-order valence-corrected chi connectivity index (χ2v) is 10.9. The van der Waals surface area contributed by atoms with Crippen LogP contribution in [0.2, 0.25) is 0 Å². The number of hydrogen-bond donors (Lipinski definition) is 0. The predicted molar refractivity (Wildman–Crippen MR) is 141 cm³/mol. The Kier molecular flexibility index (Phi) is 7.06. The van der Waals surface area contributed by atoms with Crippen molar-refractivity contribution in [3.05, 3.63) is 63.8 Å². The fourth-order valence-electron chi connectivity index (χ4n) is 4.87. The number of fused-ring (bicyclic) bond motifs is 3. The molecule has 5 rings (SSSR count). The second kappa shape index (κ2) is 10.4. The lowest BCUT2D eigenvalue weighted by molar-refractivity contribution is -0.128. The van der Waals surface area contributed by atoms with Crippen LogP contribution in [0, 0.1) is 0 Å². The monoisotopic (exact) mass is 494 g/mol. The molecule has 1 aliphatic carbocycles. The Bertz CT molecular complexity index is 1240. The molecule has 2 aliphatic rings. The predicted octanol–water partition coefficient (Wildman–Crippen LogP) is 4.35. The van der Waals surface area contributed by atoms with Crippen LogP contribution in [0.25, 0.3) is 10.2 Å². The topological polar surface area (TPSA) is 58.4 Å². The van der Waals surface area contributed by atoms with Gasteiger partial charge in [-0.1, -0.05) is 42.5 Å². The van der Waals surface area contributed by atoms with Gasteiger partial charge < -0.3 is 9.80 Å². The molecule has 3 aromatic rings. The van der Waals surface area contributed by atoms with Gasteiger partial charge in [-0.05, 0) is 43.4 Å². The first-order valence-corrected chi connectivity index (χ1v) is 13.8. The van der Waals surface area contributed by atoms with Crippen molar-refractivity contribution < 1.29 is 4.79 Å². The van der Waals surface area contributed by atoms with Crippen LogP contribution in [0.15, 0.2) is 52.9 Å². The van der Waals surface area contributed by atoms with Crippen molar-refractivity contribution >= 4 is 44.9 Å². The third-order valence-electron chi connectivity index (χ3n) is 6.68. The lowest BCUT2D eigenvalue weighted by Gasteiger charge is -2.36. The summed E-state index contributed by atoms with van der Waals surface area (Å²) >= 11 is 3.04. The number of thioether (sulfide) groups is 1. The quantitative estimate of drug-likeness (QED) is 0.221. The minimum atomic E-state index is 0.00993. The van der Waals surface area contributed by atoms with Gasteiger partial charge in [-0.25, -0.2) is 4.98 Å². The smallest absolute Gasteiger partial charge is 0.263 e. The van der Waals surface area contributed by atoms with E-state index in [1.807, 2.05) is 23.1 Å². The lowest BCUT2D eigenvalue weighted by Crippen LogP contribution is -2.49. The van der Waals surface area contributed by atoms with Gasteiger partial charge in [-0.3, -0.25) is 14.2 Å². The largest absolute Gasteiger partial charge is 0.368 e. The van der Waals surface area contributed by atoms with E-state index < -0.39 is 0 Å². The number of benzene rings is 1. The Labute approximate surface area is 208 Å². The Hall–Kier alpha value is -2.58. The number of hydrogen-bond acceptors (Lipinski definition) is 6. The first-order chi connectivity index (χ1) is 16.7. The number of piperazine rings is 1. The van der Waals surface area contributed by atoms with Gasteiger partial charge in [0.2, 0.25) is 5.91 Å². The number of carbonyl (C=O) groups is 1. The lowest BCUT2D eigenvalue weighted by atomic mass is 10.1. The number of aryl methyl sites for hydroxylation is 2. The van der Waals surface area contributed by atoms with Crippen molar-refractivity contribution in [2.75, 3.05) is 36.8 Å². The van der Waals surface area contributed by atoms with Gasteiger partial charge in [0.05, 0.1) is 11.1 Å². The summed E-state index contributed by atoms with van der Waals surface area (Å²) < 4.78 is 1.69. The van der Waals surface area contributed by atoms with E-state index in [1.165, 1.54) is 40.7 Å². The molecule has 0 N–H and O–H groups in total. The van der Waals surface area contributed by atoms with Crippen molar-refractivity contribution in [3.63, 3.8) is 0 Å². The summed E-state index contributed by atoms with van der Waals surface area (Å²) in [6, 6.07) is 10.3. The average Bonchev–Trinajstić information content (AvgIpc) is 3.06. The molecule has 1 fully saturated rings. The molecule has 0 spiro atoms. The van der Waals surface area contributed by atoms with Gasteiger partial charge in [-0.2, -0.15) is 0 Å². The van der Waals surface area contributed by atoms with E-state index in [9.17, 15) is 9.59 Å². The molecule has 0 atom stereocenters. The van der Waals surface area contributed by atoms with Gasteiger partial charge in [0, 0.05) is 43.3 Å². The highest BCUT2D eigenvalue weighted by Crippen LogP contribution is 2.34. The second-order valence-electron chi connectivity index (χ2n) is 8.84. The first-order valence-electron chi connectivity index (χ1n) is 12.0.